The number of allylic oxidation sites excluding steroid dienone is 1. The zero-order chi connectivity index (χ0) is 28.3. The lowest BCUT2D eigenvalue weighted by molar-refractivity contribution is 0.0302. The van der Waals surface area contributed by atoms with Crippen LogP contribution in [-0.2, 0) is 20.5 Å². The van der Waals surface area contributed by atoms with Crippen molar-refractivity contribution >= 4 is 11.4 Å². The number of benzene rings is 2. The third-order valence-electron chi connectivity index (χ3n) is 11.2. The van der Waals surface area contributed by atoms with Crippen LogP contribution < -0.4 is 0 Å². The molecule has 2 aromatic rings. The summed E-state index contributed by atoms with van der Waals surface area (Å²) in [5.74, 6) is 3.44. The Morgan fingerprint density at radius 3 is 1.59 bits per heavy atom. The molecule has 5 aliphatic carbocycles. The molecule has 0 spiro atoms. The second kappa shape index (κ2) is 8.82. The lowest BCUT2D eigenvalue weighted by atomic mass is 9.53. The molecule has 0 radical (unpaired) electrons. The summed E-state index contributed by atoms with van der Waals surface area (Å²) in [6.07, 6.45) is 6.77. The second-order valence-electron chi connectivity index (χ2n) is 15.9. The Labute approximate surface area is 245 Å². The quantitative estimate of drug-likeness (QED) is 0.355. The maximum absolute atomic E-state index is 6.49. The van der Waals surface area contributed by atoms with Crippen molar-refractivity contribution in [3.05, 3.63) is 81.9 Å². The third-order valence-corrected chi connectivity index (χ3v) is 11.2. The average Bonchev–Trinajstić information content (AvgIpc) is 3.60. The van der Waals surface area contributed by atoms with Gasteiger partial charge in [0.25, 0.3) is 0 Å². The van der Waals surface area contributed by atoms with Crippen molar-refractivity contribution in [2.24, 2.45) is 45.8 Å². The number of rotatable bonds is 2. The van der Waals surface area contributed by atoms with Gasteiger partial charge in [-0.05, 0) is 88.9 Å². The normalized spacial score (nSPS) is 35.2. The minimum atomic E-state index is -0.0690. The standard InChI is InChI=1S/C37H44N2O2/c1-36(2,3)26-11-7-22(8-12-26)32-30-29(28-24-16-20-15-21(18-24)19-25(28)17-20)34-31(35(30)41-38-32)33(39-40-34)23-9-13-27(14-10-23)37(4,5)6/h7-14,20-21,24-25,30-31,34-35H,15-19H2,1-6H3/t20?,21?,24?,25?,30-,31-,34-,35+/m0/s1. The van der Waals surface area contributed by atoms with E-state index in [1.165, 1.54) is 54.4 Å². The van der Waals surface area contributed by atoms with Crippen LogP contribution in [0.2, 0.25) is 0 Å². The molecule has 0 unspecified atom stereocenters. The summed E-state index contributed by atoms with van der Waals surface area (Å²) in [4.78, 5) is 12.9. The van der Waals surface area contributed by atoms with E-state index in [2.05, 4.69) is 90.1 Å². The van der Waals surface area contributed by atoms with Gasteiger partial charge in [0.2, 0.25) is 0 Å². The average molecular weight is 549 g/mol. The summed E-state index contributed by atoms with van der Waals surface area (Å²) in [7, 11) is 0. The van der Waals surface area contributed by atoms with Crippen LogP contribution in [0.1, 0.15) is 95.9 Å². The van der Waals surface area contributed by atoms with Crippen LogP contribution >= 0.6 is 0 Å². The van der Waals surface area contributed by atoms with E-state index in [0.717, 1.165) is 28.8 Å². The molecule has 0 saturated heterocycles. The van der Waals surface area contributed by atoms with Crippen LogP contribution in [0.4, 0.5) is 0 Å². The van der Waals surface area contributed by atoms with Gasteiger partial charge in [-0.1, -0.05) is 106 Å². The van der Waals surface area contributed by atoms with Gasteiger partial charge in [0.05, 0.1) is 23.3 Å². The molecule has 7 aliphatic rings. The maximum atomic E-state index is 6.49. The molecule has 4 atom stereocenters. The number of hydrogen-bond acceptors (Lipinski definition) is 4. The Bertz CT molecular complexity index is 1430. The summed E-state index contributed by atoms with van der Waals surface area (Å²) >= 11 is 0. The van der Waals surface area contributed by atoms with E-state index in [1.54, 1.807) is 5.57 Å². The van der Waals surface area contributed by atoms with Gasteiger partial charge in [-0.15, -0.1) is 0 Å². The Morgan fingerprint density at radius 2 is 1.07 bits per heavy atom. The molecule has 2 heterocycles. The van der Waals surface area contributed by atoms with Gasteiger partial charge >= 0.3 is 0 Å². The van der Waals surface area contributed by atoms with Crippen LogP contribution in [0.25, 0.3) is 0 Å². The van der Waals surface area contributed by atoms with Crippen molar-refractivity contribution in [2.45, 2.75) is 96.7 Å². The van der Waals surface area contributed by atoms with Gasteiger partial charge in [-0.3, -0.25) is 0 Å². The highest BCUT2D eigenvalue weighted by Crippen LogP contribution is 2.61. The van der Waals surface area contributed by atoms with E-state index in [4.69, 9.17) is 20.0 Å². The first-order valence-corrected chi connectivity index (χ1v) is 16.0. The molecule has 0 aromatic heterocycles. The number of hydrogen-bond donors (Lipinski definition) is 0. The zero-order valence-corrected chi connectivity index (χ0v) is 25.5. The molecule has 4 heteroatoms. The molecule has 4 bridgehead atoms. The minimum Gasteiger partial charge on any atom is -0.390 e. The first-order valence-electron chi connectivity index (χ1n) is 16.0. The predicted octanol–water partition coefficient (Wildman–Crippen LogP) is 8.19. The fourth-order valence-corrected chi connectivity index (χ4v) is 9.39. The van der Waals surface area contributed by atoms with Crippen molar-refractivity contribution in [2.75, 3.05) is 0 Å². The number of fused-ring (bicyclic) bond motifs is 3. The predicted molar refractivity (Wildman–Crippen MR) is 164 cm³/mol. The molecule has 0 amide bonds. The smallest absolute Gasteiger partial charge is 0.161 e. The van der Waals surface area contributed by atoms with E-state index >= 15 is 0 Å². The van der Waals surface area contributed by atoms with Crippen molar-refractivity contribution in [1.82, 2.24) is 0 Å². The molecule has 9 rings (SSSR count). The van der Waals surface area contributed by atoms with Crippen LogP contribution in [0, 0.1) is 35.5 Å². The SMILES string of the molecule is CC(C)(C)c1ccc(C2=NO[C@@H]3[C@H]2C(=C2C4CC5CC(C4)CC2C5)[C@@H]2ON=C(c4ccc(C(C)(C)C)cc4)[C@H]32)cc1. The largest absolute Gasteiger partial charge is 0.390 e. The van der Waals surface area contributed by atoms with Gasteiger partial charge < -0.3 is 9.68 Å². The minimum absolute atomic E-state index is 0.0471. The fraction of sp³-hybridized carbons (Fsp3) is 0.568. The van der Waals surface area contributed by atoms with Crippen LogP contribution in [0.5, 0.6) is 0 Å². The molecule has 2 aromatic carbocycles. The van der Waals surface area contributed by atoms with Crippen molar-refractivity contribution < 1.29 is 9.68 Å². The lowest BCUT2D eigenvalue weighted by Gasteiger charge is -2.52. The lowest BCUT2D eigenvalue weighted by Crippen LogP contribution is -2.42. The molecule has 5 fully saturated rings. The summed E-state index contributed by atoms with van der Waals surface area (Å²) < 4.78 is 0. The topological polar surface area (TPSA) is 43.2 Å². The van der Waals surface area contributed by atoms with Crippen molar-refractivity contribution in [3.8, 4) is 0 Å². The molecule has 0 N–H and O–H groups in total. The van der Waals surface area contributed by atoms with Crippen molar-refractivity contribution in [1.29, 1.82) is 0 Å². The van der Waals surface area contributed by atoms with Gasteiger partial charge in [0, 0.05) is 5.56 Å². The fourth-order valence-electron chi connectivity index (χ4n) is 9.39. The molecule has 2 aliphatic heterocycles. The Hall–Kier alpha value is -2.88. The Kier molecular flexibility index (Phi) is 5.55. The zero-order valence-electron chi connectivity index (χ0n) is 25.5. The second-order valence-corrected chi connectivity index (χ2v) is 15.9. The number of oxime groups is 2. The molecular formula is C37H44N2O2. The molecule has 5 saturated carbocycles. The Morgan fingerprint density at radius 1 is 0.585 bits per heavy atom. The van der Waals surface area contributed by atoms with E-state index in [0.29, 0.717) is 11.8 Å². The van der Waals surface area contributed by atoms with E-state index < -0.39 is 0 Å². The van der Waals surface area contributed by atoms with E-state index in [1.807, 2.05) is 0 Å². The highest BCUT2D eigenvalue weighted by Gasteiger charge is 2.62. The first kappa shape index (κ1) is 25.8. The van der Waals surface area contributed by atoms with Gasteiger partial charge in [0.15, 0.2) is 12.2 Å². The molecule has 214 valence electrons. The van der Waals surface area contributed by atoms with Crippen LogP contribution in [0.3, 0.4) is 0 Å². The molecule has 4 nitrogen and oxygen atoms in total. The summed E-state index contributed by atoms with van der Waals surface area (Å²) in [5, 5.41) is 9.65. The summed E-state index contributed by atoms with van der Waals surface area (Å²) in [5.41, 5.74) is 10.6. The van der Waals surface area contributed by atoms with Crippen molar-refractivity contribution in [3.63, 3.8) is 0 Å². The van der Waals surface area contributed by atoms with Gasteiger partial charge in [-0.2, -0.15) is 0 Å². The highest BCUT2D eigenvalue weighted by molar-refractivity contribution is 6.09. The molecule has 41 heavy (non-hydrogen) atoms. The van der Waals surface area contributed by atoms with Gasteiger partial charge in [0.1, 0.15) is 0 Å². The third kappa shape index (κ3) is 3.99. The van der Waals surface area contributed by atoms with E-state index in [-0.39, 0.29) is 34.9 Å². The summed E-state index contributed by atoms with van der Waals surface area (Å²) in [6, 6.07) is 18.0. The monoisotopic (exact) mass is 548 g/mol. The summed E-state index contributed by atoms with van der Waals surface area (Å²) in [6.45, 7) is 13.6. The highest BCUT2D eigenvalue weighted by atomic mass is 16.7. The Balaban J connectivity index is 1.21. The molecular weight excluding hydrogens is 504 g/mol. The van der Waals surface area contributed by atoms with Crippen LogP contribution in [-0.4, -0.2) is 23.6 Å². The van der Waals surface area contributed by atoms with Gasteiger partial charge in [-0.25, -0.2) is 0 Å². The van der Waals surface area contributed by atoms with E-state index in [9.17, 15) is 0 Å². The first-order chi connectivity index (χ1) is 19.6. The number of nitrogens with zero attached hydrogens (tertiary/aromatic N) is 2. The maximum Gasteiger partial charge on any atom is 0.161 e. The van der Waals surface area contributed by atoms with Crippen LogP contribution in [0.15, 0.2) is 70.0 Å².